The molecular weight excluding hydrogens is 329 g/mol. The smallest absolute Gasteiger partial charge is 0.778 e. The van der Waals surface area contributed by atoms with Gasteiger partial charge in [0.1, 0.15) is 7.60 Å². The minimum Gasteiger partial charge on any atom is -0.778 e. The van der Waals surface area contributed by atoms with Gasteiger partial charge in [-0.25, -0.2) is 0 Å². The number of carboxylic acid groups (broad SMARTS) is 1. The van der Waals surface area contributed by atoms with Gasteiger partial charge in [-0.15, -0.1) is 0 Å². The number of carbonyl (C=O) groups is 1. The molecule has 0 aromatic heterocycles. The van der Waals surface area contributed by atoms with Gasteiger partial charge in [-0.05, 0) is 53.4 Å². The summed E-state index contributed by atoms with van der Waals surface area (Å²) in [5.41, 5.74) is 3.67. The van der Waals surface area contributed by atoms with Crippen molar-refractivity contribution in [3.05, 3.63) is 34.9 Å². The molecule has 8 heteroatoms. The first-order valence-corrected chi connectivity index (χ1v) is 9.44. The first-order chi connectivity index (χ1) is 10.6. The molecule has 0 fully saturated rings. The van der Waals surface area contributed by atoms with Crippen LogP contribution in [0.4, 0.5) is 0 Å². The second-order valence-electron chi connectivity index (χ2n) is 5.90. The zero-order valence-corrected chi connectivity index (χ0v) is 17.4. The van der Waals surface area contributed by atoms with Gasteiger partial charge in [0.25, 0.3) is 0 Å². The number of allylic oxidation sites excluding steroid dienone is 5. The van der Waals surface area contributed by atoms with Gasteiger partial charge in [0.15, 0.2) is 0 Å². The summed E-state index contributed by atoms with van der Waals surface area (Å²) in [6.07, 6.45) is 8.76. The van der Waals surface area contributed by atoms with Gasteiger partial charge in [-0.3, -0.25) is 0 Å². The van der Waals surface area contributed by atoms with Crippen LogP contribution in [0.15, 0.2) is 34.9 Å². The van der Waals surface area contributed by atoms with E-state index in [2.05, 4.69) is 37.4 Å². The van der Waals surface area contributed by atoms with Gasteiger partial charge in [0.05, 0.1) is 12.8 Å². The average Bonchev–Trinajstić information content (AvgIpc) is 2.36. The Kier molecular flexibility index (Phi) is 19.3. The fourth-order valence-electron chi connectivity index (χ4n) is 1.84. The van der Waals surface area contributed by atoms with Crippen molar-refractivity contribution < 1.29 is 61.6 Å². The van der Waals surface area contributed by atoms with Crippen molar-refractivity contribution in [1.82, 2.24) is 0 Å². The van der Waals surface area contributed by atoms with Crippen LogP contribution in [0.5, 0.6) is 0 Å². The van der Waals surface area contributed by atoms with Crippen LogP contribution >= 0.6 is 7.60 Å². The molecule has 0 rings (SSSR count). The van der Waals surface area contributed by atoms with E-state index in [9.17, 15) is 19.4 Å². The number of hydrogen-bond donors (Lipinski definition) is 0. The normalized spacial score (nSPS) is 14.0. The molecule has 0 aliphatic rings. The number of carboxylic acids is 1. The molecule has 0 aromatic rings. The molecule has 0 amide bonds. The third-order valence-electron chi connectivity index (χ3n) is 3.15. The molecule has 0 saturated heterocycles. The van der Waals surface area contributed by atoms with E-state index in [1.54, 1.807) is 6.08 Å². The van der Waals surface area contributed by atoms with E-state index in [0.29, 0.717) is 0 Å². The largest absolute Gasteiger partial charge is 1.00 e. The standard InChI is InChI=1S/C17H29O5P.2Li/c1-14(2)7-5-8-15(3)9-6-10-16(4)11-12-22-23(20,21)13-17(18)19;;/h7,9,11H,5-6,8,10,12-13H2,1-4H3,(H,18,19)(H,20,21);;/q;2*+1/p-2/b15-9+,16-11+;;. The van der Waals surface area contributed by atoms with E-state index in [4.69, 9.17) is 0 Å². The van der Waals surface area contributed by atoms with Crippen LogP contribution in [0.3, 0.4) is 0 Å². The summed E-state index contributed by atoms with van der Waals surface area (Å²) in [7, 11) is -4.34. The second kappa shape index (κ2) is 16.2. The Bertz CT molecular complexity index is 523. The fraction of sp³-hybridized carbons (Fsp3) is 0.588. The molecule has 0 spiro atoms. The summed E-state index contributed by atoms with van der Waals surface area (Å²) in [4.78, 5) is 21.5. The Morgan fingerprint density at radius 3 is 1.92 bits per heavy atom. The van der Waals surface area contributed by atoms with E-state index in [1.165, 1.54) is 11.1 Å². The maximum atomic E-state index is 11.2. The maximum absolute atomic E-state index is 11.2. The van der Waals surface area contributed by atoms with E-state index in [0.717, 1.165) is 31.3 Å². The van der Waals surface area contributed by atoms with Crippen molar-refractivity contribution in [2.75, 3.05) is 12.8 Å². The molecule has 0 aliphatic heterocycles. The molecule has 1 atom stereocenters. The second-order valence-corrected chi connectivity index (χ2v) is 7.69. The Balaban J connectivity index is -0.00000242. The summed E-state index contributed by atoms with van der Waals surface area (Å²) >= 11 is 0. The Labute approximate surface area is 175 Å². The maximum Gasteiger partial charge on any atom is 1.00 e. The monoisotopic (exact) mass is 356 g/mol. The molecule has 0 N–H and O–H groups in total. The number of hydrogen-bond acceptors (Lipinski definition) is 5. The molecule has 25 heavy (non-hydrogen) atoms. The van der Waals surface area contributed by atoms with E-state index in [-0.39, 0.29) is 44.3 Å². The van der Waals surface area contributed by atoms with Crippen LogP contribution in [0.25, 0.3) is 0 Å². The zero-order chi connectivity index (χ0) is 17.9. The summed E-state index contributed by atoms with van der Waals surface area (Å²) < 4.78 is 15.8. The van der Waals surface area contributed by atoms with E-state index < -0.39 is 19.7 Å². The van der Waals surface area contributed by atoms with Crippen LogP contribution in [-0.4, -0.2) is 18.7 Å². The predicted octanol–water partition coefficient (Wildman–Crippen LogP) is -3.27. The minimum absolute atomic E-state index is 0. The van der Waals surface area contributed by atoms with Gasteiger partial charge in [-0.1, -0.05) is 34.9 Å². The zero-order valence-electron chi connectivity index (χ0n) is 16.5. The van der Waals surface area contributed by atoms with Crippen LogP contribution in [0.1, 0.15) is 53.4 Å². The van der Waals surface area contributed by atoms with Crippen molar-refractivity contribution in [3.63, 3.8) is 0 Å². The average molecular weight is 356 g/mol. The van der Waals surface area contributed by atoms with Gasteiger partial charge in [0.2, 0.25) is 0 Å². The first-order valence-electron chi connectivity index (χ1n) is 7.71. The van der Waals surface area contributed by atoms with Gasteiger partial charge in [0, 0.05) is 5.97 Å². The van der Waals surface area contributed by atoms with Gasteiger partial charge < -0.3 is 23.9 Å². The van der Waals surface area contributed by atoms with E-state index in [1.807, 2.05) is 6.92 Å². The van der Waals surface area contributed by atoms with Crippen molar-refractivity contribution in [3.8, 4) is 0 Å². The van der Waals surface area contributed by atoms with Crippen molar-refractivity contribution >= 4 is 13.6 Å². The third kappa shape index (κ3) is 20.2. The van der Waals surface area contributed by atoms with Crippen LogP contribution in [0, 0.1) is 0 Å². The number of carbonyl (C=O) groups excluding carboxylic acids is 1. The quantitative estimate of drug-likeness (QED) is 0.220. The summed E-state index contributed by atoms with van der Waals surface area (Å²) in [6, 6.07) is 0. The summed E-state index contributed by atoms with van der Waals surface area (Å²) in [6.45, 7) is 8.04. The van der Waals surface area contributed by atoms with Crippen molar-refractivity contribution in [2.24, 2.45) is 0 Å². The molecule has 0 bridgehead atoms. The first kappa shape index (κ1) is 29.8. The molecule has 0 aromatic carbocycles. The van der Waals surface area contributed by atoms with Crippen LogP contribution in [-0.2, 0) is 13.9 Å². The predicted molar refractivity (Wildman–Crippen MR) is 88.8 cm³/mol. The van der Waals surface area contributed by atoms with Crippen LogP contribution < -0.4 is 47.7 Å². The summed E-state index contributed by atoms with van der Waals surface area (Å²) in [5, 5.41) is 10.2. The molecule has 0 saturated carbocycles. The molecule has 5 nitrogen and oxygen atoms in total. The van der Waals surface area contributed by atoms with E-state index >= 15 is 0 Å². The van der Waals surface area contributed by atoms with Crippen LogP contribution in [0.2, 0.25) is 0 Å². The van der Waals surface area contributed by atoms with Gasteiger partial charge in [-0.2, -0.15) is 0 Å². The molecule has 1 unspecified atom stereocenters. The molecule has 132 valence electrons. The topological polar surface area (TPSA) is 89.5 Å². The minimum atomic E-state index is -4.34. The number of aliphatic carboxylic acids is 1. The SMILES string of the molecule is CC(C)=CCC/C(C)=C/CC/C(C)=C/COP(=O)([O-])CC(=O)[O-].[Li+].[Li+]. The molecule has 0 heterocycles. The number of rotatable bonds is 11. The van der Waals surface area contributed by atoms with Crippen molar-refractivity contribution in [1.29, 1.82) is 0 Å². The van der Waals surface area contributed by atoms with Gasteiger partial charge >= 0.3 is 37.7 Å². The Morgan fingerprint density at radius 1 is 0.960 bits per heavy atom. The molecular formula is C17H27Li2O5P. The fourth-order valence-corrected chi connectivity index (χ4v) is 2.54. The summed E-state index contributed by atoms with van der Waals surface area (Å²) in [5.74, 6) is -1.65. The Morgan fingerprint density at radius 2 is 1.44 bits per heavy atom. The Hall–Kier alpha value is 0.0348. The third-order valence-corrected chi connectivity index (χ3v) is 4.34. The van der Waals surface area contributed by atoms with Crippen molar-refractivity contribution in [2.45, 2.75) is 53.4 Å². The molecule has 0 aliphatic carbocycles. The molecule has 0 radical (unpaired) electrons.